The second kappa shape index (κ2) is 6.08. The standard InChI is InChI=1S/C17H20N2O2S/c1-4-21-16(20)15-14(12-6-7-12)19-17(22-15)18-13-8-5-10(2)11(3)9-13/h5,8-9,12H,4,6-7H2,1-3H3,(H,18,19). The number of carbonyl (C=O) groups is 1. The van der Waals surface area contributed by atoms with Crippen LogP contribution in [0.2, 0.25) is 0 Å². The van der Waals surface area contributed by atoms with Crippen molar-refractivity contribution < 1.29 is 9.53 Å². The van der Waals surface area contributed by atoms with Gasteiger partial charge in [-0.15, -0.1) is 0 Å². The van der Waals surface area contributed by atoms with Gasteiger partial charge in [-0.25, -0.2) is 9.78 Å². The number of carbonyl (C=O) groups excluding carboxylic acids is 1. The van der Waals surface area contributed by atoms with Crippen molar-refractivity contribution in [3.63, 3.8) is 0 Å². The van der Waals surface area contributed by atoms with Crippen LogP contribution in [0.5, 0.6) is 0 Å². The number of esters is 1. The normalized spacial score (nSPS) is 14.0. The molecule has 1 aromatic carbocycles. The first-order valence-electron chi connectivity index (χ1n) is 7.60. The van der Waals surface area contributed by atoms with Gasteiger partial charge in [-0.1, -0.05) is 17.4 Å². The van der Waals surface area contributed by atoms with Gasteiger partial charge in [0.05, 0.1) is 12.3 Å². The van der Waals surface area contributed by atoms with E-state index in [2.05, 4.69) is 36.3 Å². The van der Waals surface area contributed by atoms with Crippen LogP contribution < -0.4 is 5.32 Å². The number of nitrogens with one attached hydrogen (secondary N) is 1. The molecule has 5 heteroatoms. The second-order valence-corrected chi connectivity index (χ2v) is 6.65. The Morgan fingerprint density at radius 3 is 2.77 bits per heavy atom. The van der Waals surface area contributed by atoms with Crippen LogP contribution in [-0.4, -0.2) is 17.6 Å². The van der Waals surface area contributed by atoms with Crippen molar-refractivity contribution in [3.05, 3.63) is 39.9 Å². The predicted octanol–water partition coefficient (Wildman–Crippen LogP) is 4.56. The van der Waals surface area contributed by atoms with Crippen molar-refractivity contribution in [1.29, 1.82) is 0 Å². The van der Waals surface area contributed by atoms with Crippen molar-refractivity contribution in [2.75, 3.05) is 11.9 Å². The third kappa shape index (κ3) is 3.14. The van der Waals surface area contributed by atoms with Gasteiger partial charge in [0.15, 0.2) is 5.13 Å². The summed E-state index contributed by atoms with van der Waals surface area (Å²) < 4.78 is 5.15. The first-order chi connectivity index (χ1) is 10.6. The number of aromatic nitrogens is 1. The number of benzene rings is 1. The van der Waals surface area contributed by atoms with Crippen molar-refractivity contribution in [1.82, 2.24) is 4.98 Å². The molecule has 1 saturated carbocycles. The summed E-state index contributed by atoms with van der Waals surface area (Å²) in [7, 11) is 0. The van der Waals surface area contributed by atoms with Crippen molar-refractivity contribution >= 4 is 28.1 Å². The van der Waals surface area contributed by atoms with Gasteiger partial charge in [0.25, 0.3) is 0 Å². The maximum absolute atomic E-state index is 12.1. The molecule has 0 unspecified atom stereocenters. The van der Waals surface area contributed by atoms with Crippen LogP contribution in [0.25, 0.3) is 0 Å². The first kappa shape index (κ1) is 15.0. The largest absolute Gasteiger partial charge is 0.462 e. The molecule has 0 amide bonds. The summed E-state index contributed by atoms with van der Waals surface area (Å²) in [6.45, 7) is 6.39. The van der Waals surface area contributed by atoms with Gasteiger partial charge < -0.3 is 10.1 Å². The monoisotopic (exact) mass is 316 g/mol. The van der Waals surface area contributed by atoms with Gasteiger partial charge in [0.2, 0.25) is 0 Å². The molecule has 1 N–H and O–H groups in total. The van der Waals surface area contributed by atoms with Crippen molar-refractivity contribution in [2.45, 2.75) is 39.5 Å². The molecule has 0 spiro atoms. The molecule has 1 fully saturated rings. The summed E-state index contributed by atoms with van der Waals surface area (Å²) in [6.07, 6.45) is 2.22. The van der Waals surface area contributed by atoms with Crippen molar-refractivity contribution in [3.8, 4) is 0 Å². The molecule has 22 heavy (non-hydrogen) atoms. The number of anilines is 2. The zero-order valence-electron chi connectivity index (χ0n) is 13.1. The Balaban J connectivity index is 1.86. The Bertz CT molecular complexity index is 705. The minimum absolute atomic E-state index is 0.255. The van der Waals surface area contributed by atoms with E-state index in [-0.39, 0.29) is 5.97 Å². The minimum Gasteiger partial charge on any atom is -0.462 e. The van der Waals surface area contributed by atoms with Crippen LogP contribution >= 0.6 is 11.3 Å². The summed E-state index contributed by atoms with van der Waals surface area (Å²) in [6, 6.07) is 6.21. The van der Waals surface area contributed by atoms with E-state index in [9.17, 15) is 4.79 Å². The highest BCUT2D eigenvalue weighted by molar-refractivity contribution is 7.17. The number of rotatable bonds is 5. The molecule has 1 aliphatic carbocycles. The van der Waals surface area contributed by atoms with Crippen molar-refractivity contribution in [2.24, 2.45) is 0 Å². The lowest BCUT2D eigenvalue weighted by molar-refractivity contribution is 0.0530. The van der Waals surface area contributed by atoms with E-state index in [1.807, 2.05) is 13.0 Å². The van der Waals surface area contributed by atoms with E-state index in [4.69, 9.17) is 4.74 Å². The van der Waals surface area contributed by atoms with E-state index in [0.717, 1.165) is 29.4 Å². The summed E-state index contributed by atoms with van der Waals surface area (Å²) in [4.78, 5) is 17.4. The molecule has 0 radical (unpaired) electrons. The molecular formula is C17H20N2O2S. The fraction of sp³-hybridized carbons (Fsp3) is 0.412. The van der Waals surface area contributed by atoms with E-state index >= 15 is 0 Å². The Hall–Kier alpha value is -1.88. The number of hydrogen-bond acceptors (Lipinski definition) is 5. The van der Waals surface area contributed by atoms with Gasteiger partial charge in [-0.05, 0) is 56.9 Å². The van der Waals surface area contributed by atoms with Crippen LogP contribution in [0.15, 0.2) is 18.2 Å². The van der Waals surface area contributed by atoms with Crippen LogP contribution in [0.4, 0.5) is 10.8 Å². The summed E-state index contributed by atoms with van der Waals surface area (Å²) in [5.74, 6) is 0.168. The highest BCUT2D eigenvalue weighted by Crippen LogP contribution is 2.44. The van der Waals surface area contributed by atoms with Crippen LogP contribution in [-0.2, 0) is 4.74 Å². The summed E-state index contributed by atoms with van der Waals surface area (Å²) in [5, 5.41) is 4.07. The molecule has 0 saturated heterocycles. The Kier molecular flexibility index (Phi) is 4.16. The SMILES string of the molecule is CCOC(=O)c1sc(Nc2ccc(C)c(C)c2)nc1C1CC1. The average molecular weight is 316 g/mol. The molecule has 0 atom stereocenters. The van der Waals surface area contributed by atoms with E-state index in [0.29, 0.717) is 17.4 Å². The van der Waals surface area contributed by atoms with Gasteiger partial charge in [0.1, 0.15) is 4.88 Å². The average Bonchev–Trinajstić information content (AvgIpc) is 3.24. The molecule has 0 aliphatic heterocycles. The smallest absolute Gasteiger partial charge is 0.350 e. The summed E-state index contributed by atoms with van der Waals surface area (Å²) in [5.41, 5.74) is 4.38. The zero-order chi connectivity index (χ0) is 15.7. The van der Waals surface area contributed by atoms with Crippen LogP contribution in [0, 0.1) is 13.8 Å². The number of thiazole rings is 1. The van der Waals surface area contributed by atoms with Gasteiger partial charge in [-0.3, -0.25) is 0 Å². The molecule has 0 bridgehead atoms. The van der Waals surface area contributed by atoms with E-state index < -0.39 is 0 Å². The lowest BCUT2D eigenvalue weighted by Crippen LogP contribution is -2.05. The molecule has 116 valence electrons. The van der Waals surface area contributed by atoms with Crippen LogP contribution in [0.1, 0.15) is 52.2 Å². The Morgan fingerprint density at radius 2 is 2.14 bits per heavy atom. The summed E-state index contributed by atoms with van der Waals surface area (Å²) >= 11 is 1.38. The lowest BCUT2D eigenvalue weighted by Gasteiger charge is -2.05. The molecule has 1 aromatic heterocycles. The predicted molar refractivity (Wildman–Crippen MR) is 89.2 cm³/mol. The highest BCUT2D eigenvalue weighted by Gasteiger charge is 2.32. The zero-order valence-corrected chi connectivity index (χ0v) is 13.9. The molecular weight excluding hydrogens is 296 g/mol. The molecule has 1 aliphatic rings. The second-order valence-electron chi connectivity index (χ2n) is 5.65. The van der Waals surface area contributed by atoms with E-state index in [1.54, 1.807) is 0 Å². The Labute approximate surface area is 134 Å². The lowest BCUT2D eigenvalue weighted by atomic mass is 10.1. The number of aryl methyl sites for hydroxylation is 2. The van der Waals surface area contributed by atoms with Gasteiger partial charge in [-0.2, -0.15) is 0 Å². The van der Waals surface area contributed by atoms with Gasteiger partial charge >= 0.3 is 5.97 Å². The molecule has 3 rings (SSSR count). The van der Waals surface area contributed by atoms with Crippen LogP contribution in [0.3, 0.4) is 0 Å². The number of ether oxygens (including phenoxy) is 1. The minimum atomic E-state index is -0.255. The quantitative estimate of drug-likeness (QED) is 0.822. The topological polar surface area (TPSA) is 51.2 Å². The number of nitrogens with zero attached hydrogens (tertiary/aromatic N) is 1. The number of hydrogen-bond donors (Lipinski definition) is 1. The maximum Gasteiger partial charge on any atom is 0.350 e. The molecule has 2 aromatic rings. The fourth-order valence-corrected chi connectivity index (χ4v) is 3.27. The highest BCUT2D eigenvalue weighted by atomic mass is 32.1. The third-order valence-electron chi connectivity index (χ3n) is 3.84. The molecule has 4 nitrogen and oxygen atoms in total. The fourth-order valence-electron chi connectivity index (χ4n) is 2.30. The maximum atomic E-state index is 12.1. The third-order valence-corrected chi connectivity index (χ3v) is 4.80. The van der Waals surface area contributed by atoms with E-state index in [1.165, 1.54) is 22.5 Å². The van der Waals surface area contributed by atoms with Gasteiger partial charge in [0, 0.05) is 11.6 Å². The first-order valence-corrected chi connectivity index (χ1v) is 8.42. The molecule has 1 heterocycles. The Morgan fingerprint density at radius 1 is 1.36 bits per heavy atom.